The van der Waals surface area contributed by atoms with Gasteiger partial charge in [0, 0.05) is 22.8 Å². The fourth-order valence-corrected chi connectivity index (χ4v) is 1.69. The molecule has 0 amide bonds. The van der Waals surface area contributed by atoms with Crippen molar-refractivity contribution < 1.29 is 13.5 Å². The van der Waals surface area contributed by atoms with Crippen molar-refractivity contribution in [2.75, 3.05) is 0 Å². The van der Waals surface area contributed by atoms with Crippen LogP contribution >= 0.6 is 15.9 Å². The van der Waals surface area contributed by atoms with E-state index in [1.54, 1.807) is 0 Å². The van der Waals surface area contributed by atoms with Crippen molar-refractivity contribution in [3.63, 3.8) is 0 Å². The third-order valence-electron chi connectivity index (χ3n) is 2.26. The molecule has 2 N–H and O–H groups in total. The van der Waals surface area contributed by atoms with Crippen LogP contribution in [-0.2, 0) is 6.54 Å². The molecule has 0 radical (unpaired) electrons. The molecular weight excluding hydrogens is 306 g/mol. The Morgan fingerprint density at radius 1 is 1.28 bits per heavy atom. The molecule has 3 nitrogen and oxygen atoms in total. The van der Waals surface area contributed by atoms with Crippen LogP contribution in [0.2, 0.25) is 0 Å². The minimum Gasteiger partial charge on any atom is -0.433 e. The third kappa shape index (κ3) is 2.65. The Morgan fingerprint density at radius 2 is 2.06 bits per heavy atom. The standard InChI is InChI=1S/C12H9BrF2N2O/c13-8-1-2-9(14)10(5-8)18-12-11(15)7(6-16)3-4-17-12/h1-5H,6,16H2. The van der Waals surface area contributed by atoms with Gasteiger partial charge < -0.3 is 10.5 Å². The summed E-state index contributed by atoms with van der Waals surface area (Å²) in [4.78, 5) is 3.72. The number of benzene rings is 1. The van der Waals surface area contributed by atoms with Gasteiger partial charge in [-0.3, -0.25) is 0 Å². The van der Waals surface area contributed by atoms with Crippen LogP contribution in [0.1, 0.15) is 5.56 Å². The van der Waals surface area contributed by atoms with Gasteiger partial charge >= 0.3 is 0 Å². The zero-order chi connectivity index (χ0) is 13.1. The first-order valence-corrected chi connectivity index (χ1v) is 5.87. The van der Waals surface area contributed by atoms with E-state index in [0.717, 1.165) is 0 Å². The Hall–Kier alpha value is -1.53. The molecule has 6 heteroatoms. The van der Waals surface area contributed by atoms with Gasteiger partial charge in [-0.05, 0) is 24.3 Å². The molecule has 0 spiro atoms. The van der Waals surface area contributed by atoms with Crippen LogP contribution in [0.4, 0.5) is 8.78 Å². The summed E-state index contributed by atoms with van der Waals surface area (Å²) in [6, 6.07) is 5.57. The van der Waals surface area contributed by atoms with Crippen LogP contribution in [0.25, 0.3) is 0 Å². The molecule has 0 bridgehead atoms. The second-order valence-corrected chi connectivity index (χ2v) is 4.39. The topological polar surface area (TPSA) is 48.1 Å². The fraction of sp³-hybridized carbons (Fsp3) is 0.0833. The number of nitrogens with zero attached hydrogens (tertiary/aromatic N) is 1. The predicted octanol–water partition coefficient (Wildman–Crippen LogP) is 3.37. The van der Waals surface area contributed by atoms with E-state index in [0.29, 0.717) is 4.47 Å². The Kier molecular flexibility index (Phi) is 3.88. The lowest BCUT2D eigenvalue weighted by molar-refractivity contribution is 0.395. The number of halogens is 3. The predicted molar refractivity (Wildman–Crippen MR) is 66.3 cm³/mol. The number of hydrogen-bond donors (Lipinski definition) is 1. The molecule has 0 saturated heterocycles. The minimum absolute atomic E-state index is 0.0195. The lowest BCUT2D eigenvalue weighted by Crippen LogP contribution is -2.03. The molecule has 0 aliphatic rings. The van der Waals surface area contributed by atoms with Crippen LogP contribution in [0.5, 0.6) is 11.6 Å². The molecule has 2 aromatic rings. The fourth-order valence-electron chi connectivity index (χ4n) is 1.35. The van der Waals surface area contributed by atoms with Crippen molar-refractivity contribution in [2.24, 2.45) is 5.73 Å². The van der Waals surface area contributed by atoms with Crippen molar-refractivity contribution in [1.29, 1.82) is 0 Å². The maximum atomic E-state index is 13.8. The van der Waals surface area contributed by atoms with E-state index in [4.69, 9.17) is 10.5 Å². The van der Waals surface area contributed by atoms with Gasteiger partial charge in [-0.25, -0.2) is 13.8 Å². The van der Waals surface area contributed by atoms with Gasteiger partial charge in [0.05, 0.1) is 0 Å². The largest absolute Gasteiger partial charge is 0.433 e. The maximum Gasteiger partial charge on any atom is 0.256 e. The van der Waals surface area contributed by atoms with E-state index in [9.17, 15) is 8.78 Å². The van der Waals surface area contributed by atoms with Crippen molar-refractivity contribution in [1.82, 2.24) is 4.98 Å². The Morgan fingerprint density at radius 3 is 2.78 bits per heavy atom. The van der Waals surface area contributed by atoms with Gasteiger partial charge in [-0.15, -0.1) is 0 Å². The minimum atomic E-state index is -0.681. The summed E-state index contributed by atoms with van der Waals surface area (Å²) in [5.41, 5.74) is 5.62. The van der Waals surface area contributed by atoms with Gasteiger partial charge in [0.25, 0.3) is 5.88 Å². The van der Waals surface area contributed by atoms with E-state index in [2.05, 4.69) is 20.9 Å². The molecule has 0 atom stereocenters. The van der Waals surface area contributed by atoms with Crippen LogP contribution in [-0.4, -0.2) is 4.98 Å². The summed E-state index contributed by atoms with van der Waals surface area (Å²) in [6.07, 6.45) is 1.36. The Balaban J connectivity index is 2.37. The van der Waals surface area contributed by atoms with Gasteiger partial charge in [-0.1, -0.05) is 15.9 Å². The van der Waals surface area contributed by atoms with E-state index in [1.165, 1.54) is 30.5 Å². The quantitative estimate of drug-likeness (QED) is 0.945. The molecule has 1 heterocycles. The smallest absolute Gasteiger partial charge is 0.256 e. The Labute approximate surface area is 111 Å². The number of aromatic nitrogens is 1. The molecule has 2 rings (SSSR count). The monoisotopic (exact) mass is 314 g/mol. The number of ether oxygens (including phenoxy) is 1. The van der Waals surface area contributed by atoms with Gasteiger partial charge in [0.1, 0.15) is 0 Å². The first-order chi connectivity index (χ1) is 8.61. The molecule has 18 heavy (non-hydrogen) atoms. The molecule has 0 aliphatic carbocycles. The SMILES string of the molecule is NCc1ccnc(Oc2cc(Br)ccc2F)c1F. The molecule has 1 aromatic carbocycles. The lowest BCUT2D eigenvalue weighted by atomic mass is 10.2. The summed E-state index contributed by atoms with van der Waals surface area (Å²) in [6.45, 7) is 0.0195. The highest BCUT2D eigenvalue weighted by Gasteiger charge is 2.13. The maximum absolute atomic E-state index is 13.8. The van der Waals surface area contributed by atoms with Crippen LogP contribution < -0.4 is 10.5 Å². The zero-order valence-electron chi connectivity index (χ0n) is 9.16. The molecule has 1 aromatic heterocycles. The number of rotatable bonds is 3. The number of nitrogens with two attached hydrogens (primary N) is 1. The van der Waals surface area contributed by atoms with Crippen molar-refractivity contribution in [3.05, 3.63) is 52.1 Å². The molecular formula is C12H9BrF2N2O. The third-order valence-corrected chi connectivity index (χ3v) is 2.75. The van der Waals surface area contributed by atoms with Crippen LogP contribution in [0, 0.1) is 11.6 Å². The first kappa shape index (κ1) is 12.9. The second-order valence-electron chi connectivity index (χ2n) is 3.47. The zero-order valence-corrected chi connectivity index (χ0v) is 10.7. The Bertz CT molecular complexity index is 578. The van der Waals surface area contributed by atoms with Crippen LogP contribution in [0.15, 0.2) is 34.9 Å². The molecule has 0 unspecified atom stereocenters. The van der Waals surface area contributed by atoms with Gasteiger partial charge in [0.15, 0.2) is 17.4 Å². The first-order valence-electron chi connectivity index (χ1n) is 5.08. The van der Waals surface area contributed by atoms with E-state index in [-0.39, 0.29) is 23.7 Å². The molecule has 0 saturated carbocycles. The van der Waals surface area contributed by atoms with Gasteiger partial charge in [0.2, 0.25) is 0 Å². The lowest BCUT2D eigenvalue weighted by Gasteiger charge is -2.08. The molecule has 94 valence electrons. The molecule has 0 aliphatic heterocycles. The summed E-state index contributed by atoms with van der Waals surface area (Å²) >= 11 is 3.18. The normalized spacial score (nSPS) is 10.4. The summed E-state index contributed by atoms with van der Waals surface area (Å²) in [7, 11) is 0. The highest BCUT2D eigenvalue weighted by Crippen LogP contribution is 2.28. The second kappa shape index (κ2) is 5.41. The summed E-state index contributed by atoms with van der Waals surface area (Å²) < 4.78 is 33.0. The summed E-state index contributed by atoms with van der Waals surface area (Å²) in [5.74, 6) is -1.68. The van der Waals surface area contributed by atoms with Crippen molar-refractivity contribution in [2.45, 2.75) is 6.54 Å². The highest BCUT2D eigenvalue weighted by molar-refractivity contribution is 9.10. The van der Waals surface area contributed by atoms with E-state index >= 15 is 0 Å². The number of pyridine rings is 1. The molecule has 0 fully saturated rings. The van der Waals surface area contributed by atoms with Crippen molar-refractivity contribution >= 4 is 15.9 Å². The average molecular weight is 315 g/mol. The van der Waals surface area contributed by atoms with Crippen molar-refractivity contribution in [3.8, 4) is 11.6 Å². The number of hydrogen-bond acceptors (Lipinski definition) is 3. The van der Waals surface area contributed by atoms with Crippen LogP contribution in [0.3, 0.4) is 0 Å². The van der Waals surface area contributed by atoms with Gasteiger partial charge in [-0.2, -0.15) is 0 Å². The summed E-state index contributed by atoms with van der Waals surface area (Å²) in [5, 5.41) is 0. The van der Waals surface area contributed by atoms with E-state index < -0.39 is 11.6 Å². The highest BCUT2D eigenvalue weighted by atomic mass is 79.9. The average Bonchev–Trinajstić information content (AvgIpc) is 2.36. The van der Waals surface area contributed by atoms with E-state index in [1.807, 2.05) is 0 Å².